The Morgan fingerprint density at radius 2 is 1.85 bits per heavy atom. The Morgan fingerprint density at radius 1 is 1.15 bits per heavy atom. The molecule has 0 aromatic rings. The summed E-state index contributed by atoms with van der Waals surface area (Å²) < 4.78 is 5.86. The zero-order valence-electron chi connectivity index (χ0n) is 12.7. The number of piperazine rings is 1. The van der Waals surface area contributed by atoms with Gasteiger partial charge in [0.1, 0.15) is 0 Å². The van der Waals surface area contributed by atoms with Crippen molar-refractivity contribution in [3.8, 4) is 0 Å². The van der Waals surface area contributed by atoms with Gasteiger partial charge < -0.3 is 14.9 Å². The lowest BCUT2D eigenvalue weighted by Crippen LogP contribution is -2.49. The molecule has 0 radical (unpaired) electrons. The highest BCUT2D eigenvalue weighted by Gasteiger charge is 2.25. The van der Waals surface area contributed by atoms with Crippen molar-refractivity contribution in [2.75, 3.05) is 52.5 Å². The molecule has 20 heavy (non-hydrogen) atoms. The lowest BCUT2D eigenvalue weighted by Gasteiger charge is -2.35. The Hall–Kier alpha value is -0.200. The van der Waals surface area contributed by atoms with E-state index in [1.165, 1.54) is 12.8 Å². The summed E-state index contributed by atoms with van der Waals surface area (Å²) in [7, 11) is 0. The molecule has 3 atom stereocenters. The molecule has 5 heteroatoms. The molecule has 1 aliphatic carbocycles. The molecular formula is C15H30N2O3. The van der Waals surface area contributed by atoms with E-state index in [1.54, 1.807) is 0 Å². The summed E-state index contributed by atoms with van der Waals surface area (Å²) in [6.45, 7) is 8.30. The van der Waals surface area contributed by atoms with Crippen molar-refractivity contribution in [3.05, 3.63) is 0 Å². The number of hydrogen-bond donors (Lipinski definition) is 2. The molecule has 0 aromatic heterocycles. The Morgan fingerprint density at radius 3 is 2.45 bits per heavy atom. The van der Waals surface area contributed by atoms with Crippen LogP contribution in [0.1, 0.15) is 26.2 Å². The molecule has 0 amide bonds. The highest BCUT2D eigenvalue weighted by atomic mass is 16.5. The fourth-order valence-corrected chi connectivity index (χ4v) is 3.28. The third kappa shape index (κ3) is 4.97. The molecule has 2 N–H and O–H groups in total. The van der Waals surface area contributed by atoms with Crippen LogP contribution < -0.4 is 0 Å². The van der Waals surface area contributed by atoms with Crippen molar-refractivity contribution < 1.29 is 14.9 Å². The van der Waals surface area contributed by atoms with Crippen LogP contribution in [0.3, 0.4) is 0 Å². The fourth-order valence-electron chi connectivity index (χ4n) is 3.28. The first-order valence-corrected chi connectivity index (χ1v) is 8.04. The predicted octanol–water partition coefficient (Wildman–Crippen LogP) is 0.162. The second-order valence-electron chi connectivity index (χ2n) is 6.30. The summed E-state index contributed by atoms with van der Waals surface area (Å²) in [6, 6.07) is 0. The van der Waals surface area contributed by atoms with Gasteiger partial charge in [-0.3, -0.25) is 9.80 Å². The number of β-amino-alcohol motifs (C(OH)–C–C–N with tert-alkyl or cyclic N) is 2. The maximum atomic E-state index is 10.1. The molecule has 2 rings (SSSR count). The molecule has 0 spiro atoms. The maximum Gasteiger partial charge on any atom is 0.0900 e. The van der Waals surface area contributed by atoms with E-state index in [4.69, 9.17) is 9.84 Å². The van der Waals surface area contributed by atoms with E-state index in [0.29, 0.717) is 25.2 Å². The summed E-state index contributed by atoms with van der Waals surface area (Å²) >= 11 is 0. The Bertz CT molecular complexity index is 270. The topological polar surface area (TPSA) is 56.2 Å². The lowest BCUT2D eigenvalue weighted by atomic mass is 10.1. The minimum absolute atomic E-state index is 0.232. The Labute approximate surface area is 122 Å². The minimum Gasteiger partial charge on any atom is -0.395 e. The van der Waals surface area contributed by atoms with Gasteiger partial charge in [0, 0.05) is 39.3 Å². The van der Waals surface area contributed by atoms with E-state index < -0.39 is 0 Å². The quantitative estimate of drug-likeness (QED) is 0.698. The van der Waals surface area contributed by atoms with Crippen molar-refractivity contribution in [2.24, 2.45) is 5.92 Å². The van der Waals surface area contributed by atoms with Gasteiger partial charge in [-0.25, -0.2) is 0 Å². The lowest BCUT2D eigenvalue weighted by molar-refractivity contribution is -0.0358. The predicted molar refractivity (Wildman–Crippen MR) is 78.7 cm³/mol. The number of nitrogens with zero attached hydrogens (tertiary/aromatic N) is 2. The summed E-state index contributed by atoms with van der Waals surface area (Å²) in [4.78, 5) is 4.56. The van der Waals surface area contributed by atoms with Crippen LogP contribution in [0.4, 0.5) is 0 Å². The first kappa shape index (κ1) is 16.2. The van der Waals surface area contributed by atoms with Gasteiger partial charge in [-0.2, -0.15) is 0 Å². The highest BCUT2D eigenvalue weighted by Crippen LogP contribution is 2.27. The Balaban J connectivity index is 1.59. The second-order valence-corrected chi connectivity index (χ2v) is 6.30. The van der Waals surface area contributed by atoms with Crippen LogP contribution >= 0.6 is 0 Å². The first-order chi connectivity index (χ1) is 9.69. The molecule has 1 heterocycles. The number of aliphatic hydroxyl groups is 2. The third-order valence-electron chi connectivity index (χ3n) is 4.64. The van der Waals surface area contributed by atoms with E-state index in [-0.39, 0.29) is 12.7 Å². The van der Waals surface area contributed by atoms with Crippen LogP contribution in [-0.4, -0.2) is 84.7 Å². The van der Waals surface area contributed by atoms with Gasteiger partial charge in [-0.15, -0.1) is 0 Å². The number of hydrogen-bond acceptors (Lipinski definition) is 5. The van der Waals surface area contributed by atoms with E-state index >= 15 is 0 Å². The van der Waals surface area contributed by atoms with Crippen LogP contribution in [0.25, 0.3) is 0 Å². The van der Waals surface area contributed by atoms with Crippen LogP contribution in [0.5, 0.6) is 0 Å². The Kier molecular flexibility index (Phi) is 6.71. The average Bonchev–Trinajstić information content (AvgIpc) is 2.84. The molecule has 1 saturated carbocycles. The minimum atomic E-state index is -0.382. The second kappa shape index (κ2) is 8.29. The molecule has 118 valence electrons. The van der Waals surface area contributed by atoms with Crippen molar-refractivity contribution in [2.45, 2.75) is 38.4 Å². The standard InChI is InChI=1S/C15H30N2O3/c1-13-3-2-4-15(13)20-12-14(19)11-17-7-5-16(6-8-17)9-10-18/h13-15,18-19H,2-12H2,1H3. The molecule has 0 bridgehead atoms. The molecule has 0 aromatic carbocycles. The number of ether oxygens (including phenoxy) is 1. The van der Waals surface area contributed by atoms with Gasteiger partial charge in [-0.1, -0.05) is 13.3 Å². The van der Waals surface area contributed by atoms with E-state index in [2.05, 4.69) is 16.7 Å². The summed E-state index contributed by atoms with van der Waals surface area (Å²) in [5.41, 5.74) is 0. The van der Waals surface area contributed by atoms with Crippen molar-refractivity contribution in [1.82, 2.24) is 9.80 Å². The van der Waals surface area contributed by atoms with E-state index in [1.807, 2.05) is 0 Å². The maximum absolute atomic E-state index is 10.1. The monoisotopic (exact) mass is 286 g/mol. The molecule has 3 unspecified atom stereocenters. The molecular weight excluding hydrogens is 256 g/mol. The summed E-state index contributed by atoms with van der Waals surface area (Å²) in [5.74, 6) is 0.643. The summed E-state index contributed by atoms with van der Waals surface area (Å²) in [5, 5.41) is 19.0. The molecule has 1 aliphatic heterocycles. The van der Waals surface area contributed by atoms with Crippen LogP contribution in [-0.2, 0) is 4.74 Å². The van der Waals surface area contributed by atoms with Crippen molar-refractivity contribution in [1.29, 1.82) is 0 Å². The van der Waals surface area contributed by atoms with E-state index in [9.17, 15) is 5.11 Å². The largest absolute Gasteiger partial charge is 0.395 e. The molecule has 5 nitrogen and oxygen atoms in total. The molecule has 2 fully saturated rings. The van der Waals surface area contributed by atoms with Gasteiger partial charge >= 0.3 is 0 Å². The highest BCUT2D eigenvalue weighted by molar-refractivity contribution is 4.77. The van der Waals surface area contributed by atoms with Crippen LogP contribution in [0.2, 0.25) is 0 Å². The molecule has 2 aliphatic rings. The van der Waals surface area contributed by atoms with Gasteiger partial charge in [0.2, 0.25) is 0 Å². The summed E-state index contributed by atoms with van der Waals surface area (Å²) in [6.07, 6.45) is 3.63. The number of rotatable bonds is 7. The van der Waals surface area contributed by atoms with Crippen LogP contribution in [0, 0.1) is 5.92 Å². The van der Waals surface area contributed by atoms with E-state index in [0.717, 1.165) is 39.1 Å². The number of aliphatic hydroxyl groups excluding tert-OH is 2. The normalized spacial score (nSPS) is 30.8. The smallest absolute Gasteiger partial charge is 0.0900 e. The van der Waals surface area contributed by atoms with Crippen LogP contribution in [0.15, 0.2) is 0 Å². The third-order valence-corrected chi connectivity index (χ3v) is 4.64. The van der Waals surface area contributed by atoms with Gasteiger partial charge in [0.25, 0.3) is 0 Å². The zero-order chi connectivity index (χ0) is 14.4. The van der Waals surface area contributed by atoms with Gasteiger partial charge in [-0.05, 0) is 18.8 Å². The SMILES string of the molecule is CC1CCCC1OCC(O)CN1CCN(CCO)CC1. The van der Waals surface area contributed by atoms with Crippen molar-refractivity contribution in [3.63, 3.8) is 0 Å². The first-order valence-electron chi connectivity index (χ1n) is 8.04. The van der Waals surface area contributed by atoms with Gasteiger partial charge in [0.05, 0.1) is 25.4 Å². The zero-order valence-corrected chi connectivity index (χ0v) is 12.7. The van der Waals surface area contributed by atoms with Gasteiger partial charge in [0.15, 0.2) is 0 Å². The fraction of sp³-hybridized carbons (Fsp3) is 1.00. The average molecular weight is 286 g/mol. The molecule has 1 saturated heterocycles. The van der Waals surface area contributed by atoms with Crippen molar-refractivity contribution >= 4 is 0 Å².